The van der Waals surface area contributed by atoms with Gasteiger partial charge in [-0.1, -0.05) is 6.92 Å². The average Bonchev–Trinajstić information content (AvgIpc) is 3.05. The van der Waals surface area contributed by atoms with Crippen molar-refractivity contribution in [3.63, 3.8) is 0 Å². The minimum atomic E-state index is -0.237. The molecule has 0 aliphatic carbocycles. The highest BCUT2D eigenvalue weighted by atomic mass is 32.2. The van der Waals surface area contributed by atoms with Gasteiger partial charge >= 0.3 is 0 Å². The number of aromatic nitrogens is 2. The monoisotopic (exact) mass is 376 g/mol. The molecule has 7 heteroatoms. The highest BCUT2D eigenvalue weighted by Gasteiger charge is 2.27. The molecule has 1 atom stereocenters. The maximum Gasteiger partial charge on any atom is 0.277 e. The number of fused-ring (bicyclic) bond motifs is 1. The van der Waals surface area contributed by atoms with Crippen molar-refractivity contribution in [1.29, 1.82) is 0 Å². The lowest BCUT2D eigenvalue weighted by Gasteiger charge is -2.28. The summed E-state index contributed by atoms with van der Waals surface area (Å²) in [5.74, 6) is 1.47. The molecular formula is C19H24N2O4S. The maximum absolute atomic E-state index is 13.0. The van der Waals surface area contributed by atoms with Crippen molar-refractivity contribution < 1.29 is 4.79 Å². The van der Waals surface area contributed by atoms with E-state index in [4.69, 9.17) is 9.93 Å². The largest absolute Gasteiger partial charge is 0.302 e. The number of carbonyl (C=O) groups excluding carboxylic acids is 1. The summed E-state index contributed by atoms with van der Waals surface area (Å²) in [4.78, 5) is 40.7. The minimum Gasteiger partial charge on any atom is -0.302 e. The van der Waals surface area contributed by atoms with Crippen LogP contribution in [0.5, 0.6) is 0 Å². The molecule has 1 aromatic carbocycles. The smallest absolute Gasteiger partial charge is 0.277 e. The first-order valence-electron chi connectivity index (χ1n) is 8.76. The number of benzene rings is 1. The molecule has 3 rings (SSSR count). The van der Waals surface area contributed by atoms with Gasteiger partial charge in [-0.25, -0.2) is 0 Å². The highest BCUT2D eigenvalue weighted by molar-refractivity contribution is 7.99. The summed E-state index contributed by atoms with van der Waals surface area (Å²) in [5, 5.41) is 2.87. The number of hydrogen-bond acceptors (Lipinski definition) is 5. The molecule has 1 unspecified atom stereocenters. The lowest BCUT2D eigenvalue weighted by molar-refractivity contribution is 0.103. The minimum absolute atomic E-state index is 0.169. The predicted molar refractivity (Wildman–Crippen MR) is 105 cm³/mol. The Kier molecular flexibility index (Phi) is 6.58. The maximum atomic E-state index is 13.0. The van der Waals surface area contributed by atoms with Crippen LogP contribution in [0.1, 0.15) is 65.2 Å². The van der Waals surface area contributed by atoms with Gasteiger partial charge in [0.1, 0.15) is 5.56 Å². The number of aryl methyl sites for hydroxylation is 2. The molecule has 0 saturated carbocycles. The molecule has 1 aliphatic heterocycles. The third-order valence-corrected chi connectivity index (χ3v) is 6.30. The van der Waals surface area contributed by atoms with E-state index in [-0.39, 0.29) is 16.9 Å². The average molecular weight is 376 g/mol. The number of nitrogens with zero attached hydrogens (tertiary/aromatic N) is 1. The van der Waals surface area contributed by atoms with Gasteiger partial charge in [0.15, 0.2) is 5.78 Å². The second kappa shape index (κ2) is 8.49. The fraction of sp³-hybridized carbons (Fsp3) is 0.474. The third-order valence-electron chi connectivity index (χ3n) is 5.03. The Labute approximate surface area is 156 Å². The van der Waals surface area contributed by atoms with Crippen LogP contribution in [-0.2, 0) is 6.54 Å². The van der Waals surface area contributed by atoms with E-state index in [9.17, 15) is 9.59 Å². The number of rotatable bonds is 4. The van der Waals surface area contributed by atoms with Crippen LogP contribution in [0.2, 0.25) is 0 Å². The Hall–Kier alpha value is -2.15. The molecule has 2 aromatic rings. The van der Waals surface area contributed by atoms with Gasteiger partial charge in [0.05, 0.1) is 0 Å². The van der Waals surface area contributed by atoms with Crippen molar-refractivity contribution >= 4 is 17.5 Å². The van der Waals surface area contributed by atoms with Crippen LogP contribution in [0.15, 0.2) is 22.0 Å². The van der Waals surface area contributed by atoms with E-state index < -0.39 is 0 Å². The first-order chi connectivity index (χ1) is 12.5. The van der Waals surface area contributed by atoms with Crippen molar-refractivity contribution in [1.82, 2.24) is 9.78 Å². The number of thioether (sulfide) groups is 1. The molecule has 2 heterocycles. The zero-order chi connectivity index (χ0) is 19.4. The second-order valence-electron chi connectivity index (χ2n) is 6.42. The Balaban J connectivity index is 0.00000117. The van der Waals surface area contributed by atoms with Gasteiger partial charge in [0.2, 0.25) is 0 Å². The van der Waals surface area contributed by atoms with Crippen LogP contribution >= 0.6 is 11.8 Å². The zero-order valence-corrected chi connectivity index (χ0v) is 16.4. The van der Waals surface area contributed by atoms with Gasteiger partial charge in [0, 0.05) is 33.1 Å². The van der Waals surface area contributed by atoms with Crippen LogP contribution in [0.25, 0.3) is 0 Å². The van der Waals surface area contributed by atoms with Crippen LogP contribution in [-0.4, -0.2) is 21.3 Å². The van der Waals surface area contributed by atoms with Gasteiger partial charge in [-0.15, -0.1) is 11.8 Å². The lowest BCUT2D eigenvalue weighted by Crippen LogP contribution is -2.22. The SMILES string of the molecule is CCC1CCSc2c(C)cc(C(=O)c3c[nH]n(CC)c3=O)c(C)c21.O=O. The summed E-state index contributed by atoms with van der Waals surface area (Å²) in [7, 11) is 0. The van der Waals surface area contributed by atoms with E-state index in [1.54, 1.807) is 0 Å². The first-order valence-corrected chi connectivity index (χ1v) is 9.74. The molecule has 0 amide bonds. The summed E-state index contributed by atoms with van der Waals surface area (Å²) < 4.78 is 1.46. The highest BCUT2D eigenvalue weighted by Crippen LogP contribution is 2.43. The summed E-state index contributed by atoms with van der Waals surface area (Å²) in [6.45, 7) is 8.72. The first kappa shape index (κ1) is 20.2. The van der Waals surface area contributed by atoms with E-state index in [0.717, 1.165) is 29.7 Å². The van der Waals surface area contributed by atoms with Gasteiger partial charge in [0.25, 0.3) is 5.56 Å². The van der Waals surface area contributed by atoms with Crippen molar-refractivity contribution in [3.8, 4) is 0 Å². The van der Waals surface area contributed by atoms with Crippen LogP contribution in [0.4, 0.5) is 0 Å². The van der Waals surface area contributed by atoms with Gasteiger partial charge in [-0.3, -0.25) is 14.3 Å². The molecule has 6 nitrogen and oxygen atoms in total. The van der Waals surface area contributed by atoms with Crippen molar-refractivity contribution in [2.75, 3.05) is 5.75 Å². The van der Waals surface area contributed by atoms with Crippen molar-refractivity contribution in [2.24, 2.45) is 0 Å². The normalized spacial score (nSPS) is 15.8. The van der Waals surface area contributed by atoms with Gasteiger partial charge in [-0.2, -0.15) is 0 Å². The molecule has 1 N–H and O–H groups in total. The Morgan fingerprint density at radius 2 is 1.96 bits per heavy atom. The molecule has 0 bridgehead atoms. The summed E-state index contributed by atoms with van der Waals surface area (Å²) in [6, 6.07) is 1.96. The summed E-state index contributed by atoms with van der Waals surface area (Å²) in [5.41, 5.74) is 4.18. The number of nitrogens with one attached hydrogen (secondary N) is 1. The number of aromatic amines is 1. The Morgan fingerprint density at radius 1 is 1.27 bits per heavy atom. The quantitative estimate of drug-likeness (QED) is 0.812. The molecule has 1 aliphatic rings. The number of hydrogen-bond donors (Lipinski definition) is 1. The fourth-order valence-electron chi connectivity index (χ4n) is 3.64. The number of H-pyrrole nitrogens is 1. The third kappa shape index (κ3) is 3.40. The summed E-state index contributed by atoms with van der Waals surface area (Å²) in [6.07, 6.45) is 3.77. The van der Waals surface area contributed by atoms with Crippen molar-refractivity contribution in [2.45, 2.75) is 57.9 Å². The molecule has 140 valence electrons. The van der Waals surface area contributed by atoms with E-state index in [1.807, 2.05) is 31.7 Å². The van der Waals surface area contributed by atoms with E-state index in [2.05, 4.69) is 18.9 Å². The van der Waals surface area contributed by atoms with Gasteiger partial charge in [-0.05, 0) is 68.0 Å². The van der Waals surface area contributed by atoms with E-state index >= 15 is 0 Å². The Morgan fingerprint density at radius 3 is 2.54 bits per heavy atom. The van der Waals surface area contributed by atoms with Crippen LogP contribution < -0.4 is 5.56 Å². The standard InChI is InChI=1S/C19H24N2O2S.O2/c1-5-13-7-8-24-18-11(3)9-14(12(4)16(13)18)17(22)15-10-20-21(6-2)19(15)23;1-2/h9-10,13,20H,5-8H2,1-4H3;. The molecule has 1 aromatic heterocycles. The van der Waals surface area contributed by atoms with Gasteiger partial charge < -0.3 is 5.10 Å². The molecule has 0 radical (unpaired) electrons. The molecule has 0 saturated heterocycles. The molecule has 0 fully saturated rings. The molecule has 26 heavy (non-hydrogen) atoms. The van der Waals surface area contributed by atoms with Crippen molar-refractivity contribution in [3.05, 3.63) is 60.4 Å². The second-order valence-corrected chi connectivity index (χ2v) is 7.52. The fourth-order valence-corrected chi connectivity index (χ4v) is 5.01. The van der Waals surface area contributed by atoms with E-state index in [0.29, 0.717) is 18.0 Å². The van der Waals surface area contributed by atoms with Crippen LogP contribution in [0, 0.1) is 23.8 Å². The summed E-state index contributed by atoms with van der Waals surface area (Å²) >= 11 is 1.89. The number of ketones is 1. The lowest BCUT2D eigenvalue weighted by atomic mass is 9.85. The van der Waals surface area contributed by atoms with Crippen LogP contribution in [0.3, 0.4) is 0 Å². The van der Waals surface area contributed by atoms with E-state index in [1.165, 1.54) is 21.3 Å². The topological polar surface area (TPSA) is 89.0 Å². The predicted octanol–water partition coefficient (Wildman–Crippen LogP) is 4.10. The molecule has 0 spiro atoms. The zero-order valence-electron chi connectivity index (χ0n) is 15.5. The molecular weight excluding hydrogens is 352 g/mol. The Bertz CT molecular complexity index is 869. The number of carbonyl (C=O) groups is 1.